The summed E-state index contributed by atoms with van der Waals surface area (Å²) >= 11 is 6.59. The van der Waals surface area contributed by atoms with Crippen LogP contribution in [0.3, 0.4) is 0 Å². The Kier molecular flexibility index (Phi) is 12.9. The van der Waals surface area contributed by atoms with Gasteiger partial charge in [0.15, 0.2) is 5.82 Å². The van der Waals surface area contributed by atoms with Crippen LogP contribution >= 0.6 is 11.6 Å². The fraction of sp³-hybridized carbons (Fsp3) is 0.415. The monoisotopic (exact) mass is 901 g/mol. The highest BCUT2D eigenvalue weighted by molar-refractivity contribution is 6.30. The molecule has 8 rings (SSSR count). The number of nitrogens with two attached hydrogens (primary N) is 2. The molecule has 1 aromatic carbocycles. The Morgan fingerprint density at radius 2 is 1.61 bits per heavy atom. The van der Waals surface area contributed by atoms with Gasteiger partial charge in [0.05, 0.1) is 38.1 Å². The number of nitrogen functional groups attached to an aromatic ring is 2. The summed E-state index contributed by atoms with van der Waals surface area (Å²) in [5.41, 5.74) is 15.0. The van der Waals surface area contributed by atoms with Gasteiger partial charge < -0.3 is 50.6 Å². The van der Waals surface area contributed by atoms with Crippen LogP contribution in [0, 0.1) is 13.8 Å². The van der Waals surface area contributed by atoms with Gasteiger partial charge in [-0.3, -0.25) is 9.78 Å². The number of rotatable bonds is 12. The third-order valence-electron chi connectivity index (χ3n) is 11.2. The van der Waals surface area contributed by atoms with E-state index in [1.54, 1.807) is 42.5 Å². The van der Waals surface area contributed by atoms with Gasteiger partial charge in [0.1, 0.15) is 28.2 Å². The fourth-order valence-corrected chi connectivity index (χ4v) is 8.22. The van der Waals surface area contributed by atoms with Gasteiger partial charge in [-0.1, -0.05) is 23.7 Å². The van der Waals surface area contributed by atoms with Crippen LogP contribution in [0.2, 0.25) is 5.15 Å². The minimum atomic E-state index is -2.94. The topological polar surface area (TPSA) is 242 Å². The number of pyridine rings is 1. The lowest BCUT2D eigenvalue weighted by molar-refractivity contribution is -0.121. The van der Waals surface area contributed by atoms with Crippen LogP contribution in [0.25, 0.3) is 11.4 Å². The number of benzene rings is 1. The smallest absolute Gasteiger partial charge is 0.415 e. The number of ether oxygens (including phenoxy) is 3. The lowest BCUT2D eigenvalue weighted by atomic mass is 10.00. The number of alkyl halides is 2. The molecule has 7 heterocycles. The van der Waals surface area contributed by atoms with Gasteiger partial charge >= 0.3 is 6.09 Å². The number of fused-ring (bicyclic) bond motifs is 1. The minimum absolute atomic E-state index is 0.0203. The molecule has 1 atom stereocenters. The number of hydrogen-bond acceptors (Lipinski definition) is 18. The molecule has 2 fully saturated rings. The number of amides is 2. The molecule has 64 heavy (non-hydrogen) atoms. The van der Waals surface area contributed by atoms with Gasteiger partial charge in [0, 0.05) is 93.8 Å². The standard InChI is InChI=1S/C41H46ClF2N15O5/c1-22-17-47-28(23(2)32(22)62-3)21-59-20-25(30-33(42)51-38(46)54-36(30)59)16-29(60)48-18-24-4-6-26(7-5-24)64-41(61)58-10-8-56(9-11-58)39-52-35(27-19-49-37(45)50-31(27)34(43)44)53-40(55-39)57-12-14-63-15-13-57/h4-7,17,19,25,34H,8-16,18,20-21H2,1-3H3,(H,48,60)(H2,45,49,50)(H2,46,51,54)/t25-/m1/s1. The van der Waals surface area contributed by atoms with Crippen molar-refractivity contribution < 1.29 is 32.6 Å². The zero-order chi connectivity index (χ0) is 45.1. The minimum Gasteiger partial charge on any atom is -0.496 e. The number of piperazine rings is 1. The van der Waals surface area contributed by atoms with E-state index in [2.05, 4.69) is 45.2 Å². The Morgan fingerprint density at radius 3 is 2.30 bits per heavy atom. The van der Waals surface area contributed by atoms with Crippen LogP contribution in [0.1, 0.15) is 52.4 Å². The second-order valence-corrected chi connectivity index (χ2v) is 15.7. The Balaban J connectivity index is 0.856. The predicted octanol–water partition coefficient (Wildman–Crippen LogP) is 3.86. The quantitative estimate of drug-likeness (QED) is 0.151. The zero-order valence-corrected chi connectivity index (χ0v) is 36.1. The molecule has 5 aromatic rings. The van der Waals surface area contributed by atoms with E-state index in [1.165, 1.54) is 6.20 Å². The van der Waals surface area contributed by atoms with Crippen LogP contribution in [0.15, 0.2) is 36.7 Å². The van der Waals surface area contributed by atoms with Gasteiger partial charge in [0.25, 0.3) is 6.43 Å². The fourth-order valence-electron chi connectivity index (χ4n) is 7.89. The molecule has 2 saturated heterocycles. The van der Waals surface area contributed by atoms with Crippen molar-refractivity contribution in [2.24, 2.45) is 0 Å². The largest absolute Gasteiger partial charge is 0.496 e. The van der Waals surface area contributed by atoms with Crippen LogP contribution < -0.4 is 41.0 Å². The van der Waals surface area contributed by atoms with Gasteiger partial charge in [-0.15, -0.1) is 0 Å². The maximum atomic E-state index is 14.0. The number of methoxy groups -OCH3 is 1. The van der Waals surface area contributed by atoms with E-state index in [4.69, 9.17) is 37.3 Å². The van der Waals surface area contributed by atoms with Crippen molar-refractivity contribution in [3.63, 3.8) is 0 Å². The maximum absolute atomic E-state index is 14.0. The normalized spacial score (nSPS) is 16.3. The van der Waals surface area contributed by atoms with Crippen LogP contribution in [-0.4, -0.2) is 123 Å². The molecule has 20 nitrogen and oxygen atoms in total. The van der Waals surface area contributed by atoms with Crippen LogP contribution in [-0.2, 0) is 22.6 Å². The summed E-state index contributed by atoms with van der Waals surface area (Å²) in [6, 6.07) is 6.85. The number of hydrogen-bond donors (Lipinski definition) is 3. The molecule has 336 valence electrons. The molecule has 0 saturated carbocycles. The molecule has 2 amide bonds. The van der Waals surface area contributed by atoms with Crippen molar-refractivity contribution in [1.29, 1.82) is 0 Å². The first-order chi connectivity index (χ1) is 30.8. The van der Waals surface area contributed by atoms with E-state index in [1.807, 2.05) is 28.5 Å². The molecule has 0 bridgehead atoms. The van der Waals surface area contributed by atoms with Crippen molar-refractivity contribution >= 4 is 53.2 Å². The first-order valence-electron chi connectivity index (χ1n) is 20.5. The summed E-state index contributed by atoms with van der Waals surface area (Å²) < 4.78 is 44.8. The van der Waals surface area contributed by atoms with E-state index in [0.29, 0.717) is 75.6 Å². The van der Waals surface area contributed by atoms with E-state index in [0.717, 1.165) is 28.1 Å². The molecule has 4 aromatic heterocycles. The molecule has 0 radical (unpaired) electrons. The number of anilines is 5. The third-order valence-corrected chi connectivity index (χ3v) is 11.5. The first-order valence-corrected chi connectivity index (χ1v) is 20.9. The number of nitrogens with zero attached hydrogens (tertiary/aromatic N) is 12. The summed E-state index contributed by atoms with van der Waals surface area (Å²) in [7, 11) is 1.63. The molecule has 3 aliphatic rings. The van der Waals surface area contributed by atoms with Crippen molar-refractivity contribution in [2.45, 2.75) is 45.7 Å². The summed E-state index contributed by atoms with van der Waals surface area (Å²) in [5.74, 6) is 1.43. The van der Waals surface area contributed by atoms with E-state index in [9.17, 15) is 18.4 Å². The number of carbonyl (C=O) groups is 2. The van der Waals surface area contributed by atoms with E-state index >= 15 is 0 Å². The highest BCUT2D eigenvalue weighted by Gasteiger charge is 2.36. The Hall–Kier alpha value is -6.81. The van der Waals surface area contributed by atoms with Crippen LogP contribution in [0.4, 0.5) is 43.2 Å². The van der Waals surface area contributed by atoms with Gasteiger partial charge in [0.2, 0.25) is 29.7 Å². The van der Waals surface area contributed by atoms with Gasteiger partial charge in [-0.25, -0.2) is 28.5 Å². The summed E-state index contributed by atoms with van der Waals surface area (Å²) in [5, 5.41) is 3.18. The van der Waals surface area contributed by atoms with Crippen molar-refractivity contribution in [3.8, 4) is 22.9 Å². The second-order valence-electron chi connectivity index (χ2n) is 15.4. The highest BCUT2D eigenvalue weighted by atomic mass is 35.5. The second kappa shape index (κ2) is 18.9. The number of halogens is 3. The summed E-state index contributed by atoms with van der Waals surface area (Å²) in [4.78, 5) is 68.5. The molecule has 0 unspecified atom stereocenters. The van der Waals surface area contributed by atoms with Crippen LogP contribution in [0.5, 0.6) is 11.5 Å². The molecule has 3 aliphatic heterocycles. The number of nitrogens with one attached hydrogen (secondary N) is 1. The number of aromatic nitrogens is 8. The molecular formula is C41H46ClF2N15O5. The van der Waals surface area contributed by atoms with Gasteiger partial charge in [-0.05, 0) is 31.5 Å². The highest BCUT2D eigenvalue weighted by Crippen LogP contribution is 2.42. The average Bonchev–Trinajstić information content (AvgIpc) is 3.63. The Labute approximate surface area is 371 Å². The average molecular weight is 902 g/mol. The molecule has 0 spiro atoms. The van der Waals surface area contributed by atoms with Crippen molar-refractivity contribution in [3.05, 3.63) is 75.5 Å². The molecule has 5 N–H and O–H groups in total. The molecule has 0 aliphatic carbocycles. The maximum Gasteiger partial charge on any atom is 0.415 e. The van der Waals surface area contributed by atoms with E-state index in [-0.39, 0.29) is 72.3 Å². The van der Waals surface area contributed by atoms with Crippen molar-refractivity contribution in [2.75, 3.05) is 92.3 Å². The SMILES string of the molecule is COc1c(C)cnc(CN2C[C@@H](CC(=O)NCc3ccc(OC(=O)N4CCN(c5nc(-c6cnc(N)nc6C(F)F)nc(N6CCOCC6)n5)CC4)cc3)c3c(Cl)nc(N)nc32)c1C. The number of morpholine rings is 1. The Morgan fingerprint density at radius 1 is 0.906 bits per heavy atom. The number of aryl methyl sites for hydroxylation is 1. The Bertz CT molecular complexity index is 2530. The predicted molar refractivity (Wildman–Crippen MR) is 231 cm³/mol. The summed E-state index contributed by atoms with van der Waals surface area (Å²) in [6.07, 6.45) is -0.415. The molecule has 23 heteroatoms. The lowest BCUT2D eigenvalue weighted by Gasteiger charge is -2.34. The number of carbonyl (C=O) groups excluding carboxylic acids is 2. The van der Waals surface area contributed by atoms with E-state index < -0.39 is 18.2 Å². The lowest BCUT2D eigenvalue weighted by Crippen LogP contribution is -2.50. The third kappa shape index (κ3) is 9.56. The summed E-state index contributed by atoms with van der Waals surface area (Å²) in [6.45, 7) is 8.09. The molecular weight excluding hydrogens is 856 g/mol. The van der Waals surface area contributed by atoms with Crippen molar-refractivity contribution in [1.82, 2.24) is 50.1 Å². The zero-order valence-electron chi connectivity index (χ0n) is 35.3. The van der Waals surface area contributed by atoms with Gasteiger partial charge in [-0.2, -0.15) is 19.9 Å². The first kappa shape index (κ1) is 43.8.